The predicted molar refractivity (Wildman–Crippen MR) is 101 cm³/mol. The zero-order valence-electron chi connectivity index (χ0n) is 15.4. The van der Waals surface area contributed by atoms with Gasteiger partial charge in [-0.05, 0) is 41.8 Å². The van der Waals surface area contributed by atoms with Crippen molar-refractivity contribution < 1.29 is 19.1 Å². The van der Waals surface area contributed by atoms with Crippen LogP contribution in [0.15, 0.2) is 48.5 Å². The van der Waals surface area contributed by atoms with Crippen molar-refractivity contribution in [3.8, 4) is 5.75 Å². The highest BCUT2D eigenvalue weighted by atomic mass is 16.5. The number of amides is 2. The van der Waals surface area contributed by atoms with E-state index in [1.165, 1.54) is 13.8 Å². The largest absolute Gasteiger partial charge is 0.426 e. The van der Waals surface area contributed by atoms with Crippen LogP contribution in [0.25, 0.3) is 0 Å². The zero-order chi connectivity index (χ0) is 19.4. The van der Waals surface area contributed by atoms with Gasteiger partial charge in [-0.25, -0.2) is 0 Å². The molecule has 6 heteroatoms. The third-order valence-corrected chi connectivity index (χ3v) is 4.58. The lowest BCUT2D eigenvalue weighted by molar-refractivity contribution is -0.138. The van der Waals surface area contributed by atoms with Crippen molar-refractivity contribution in [2.24, 2.45) is 0 Å². The summed E-state index contributed by atoms with van der Waals surface area (Å²) in [5.74, 6) is -0.232. The molecule has 140 valence electrons. The molecule has 27 heavy (non-hydrogen) atoms. The quantitative estimate of drug-likeness (QED) is 0.666. The monoisotopic (exact) mass is 366 g/mol. The Morgan fingerprint density at radius 2 is 1.78 bits per heavy atom. The van der Waals surface area contributed by atoms with Crippen molar-refractivity contribution in [3.05, 3.63) is 59.7 Å². The average Bonchev–Trinajstić information content (AvgIpc) is 2.63. The Labute approximate surface area is 158 Å². The highest BCUT2D eigenvalue weighted by Gasteiger charge is 2.31. The Bertz CT molecular complexity index is 861. The Hall–Kier alpha value is -3.15. The number of rotatable bonds is 4. The van der Waals surface area contributed by atoms with Crippen molar-refractivity contribution >= 4 is 23.5 Å². The normalized spacial score (nSPS) is 15.6. The number of esters is 1. The first-order valence-corrected chi connectivity index (χ1v) is 8.87. The van der Waals surface area contributed by atoms with Gasteiger partial charge in [0, 0.05) is 26.1 Å². The number of hydrogen-bond donors (Lipinski definition) is 1. The second-order valence-electron chi connectivity index (χ2n) is 6.56. The highest BCUT2D eigenvalue weighted by Crippen LogP contribution is 2.32. The first-order valence-electron chi connectivity index (χ1n) is 8.87. The molecule has 0 radical (unpaired) electrons. The summed E-state index contributed by atoms with van der Waals surface area (Å²) in [5.41, 5.74) is 2.79. The van der Waals surface area contributed by atoms with E-state index >= 15 is 0 Å². The molecule has 0 bridgehead atoms. The molecule has 1 atom stereocenters. The van der Waals surface area contributed by atoms with E-state index in [9.17, 15) is 14.4 Å². The Morgan fingerprint density at radius 1 is 1.07 bits per heavy atom. The van der Waals surface area contributed by atoms with Gasteiger partial charge in [-0.3, -0.25) is 14.4 Å². The third kappa shape index (κ3) is 4.53. The van der Waals surface area contributed by atoms with Crippen LogP contribution in [-0.4, -0.2) is 29.2 Å². The van der Waals surface area contributed by atoms with Crippen molar-refractivity contribution in [2.45, 2.75) is 32.7 Å². The van der Waals surface area contributed by atoms with Crippen molar-refractivity contribution in [3.63, 3.8) is 0 Å². The summed E-state index contributed by atoms with van der Waals surface area (Å²) in [4.78, 5) is 37.3. The van der Waals surface area contributed by atoms with E-state index in [0.717, 1.165) is 17.5 Å². The minimum atomic E-state index is -0.407. The molecule has 0 saturated carbocycles. The van der Waals surface area contributed by atoms with Crippen molar-refractivity contribution in [1.82, 2.24) is 4.90 Å². The summed E-state index contributed by atoms with van der Waals surface area (Å²) in [5, 5.41) is 2.66. The molecular formula is C21H22N2O4. The summed E-state index contributed by atoms with van der Waals surface area (Å²) in [7, 11) is 0. The van der Waals surface area contributed by atoms with E-state index in [2.05, 4.69) is 5.32 Å². The Kier molecular flexibility index (Phi) is 5.54. The fourth-order valence-electron chi connectivity index (χ4n) is 3.39. The minimum Gasteiger partial charge on any atom is -0.426 e. The van der Waals surface area contributed by atoms with Gasteiger partial charge in [-0.2, -0.15) is 0 Å². The van der Waals surface area contributed by atoms with Gasteiger partial charge in [0.15, 0.2) is 0 Å². The predicted octanol–water partition coefficient (Wildman–Crippen LogP) is 3.09. The fraction of sp³-hybridized carbons (Fsp3) is 0.286. The summed E-state index contributed by atoms with van der Waals surface area (Å²) in [6.07, 6.45) is 0.871. The molecule has 0 aliphatic carbocycles. The van der Waals surface area contributed by atoms with E-state index in [-0.39, 0.29) is 24.3 Å². The third-order valence-electron chi connectivity index (χ3n) is 4.58. The SMILES string of the molecule is CC(=O)Nc1ccc(OC(=O)CC2c3ccccc3CCN2C(C)=O)cc1. The summed E-state index contributed by atoms with van der Waals surface area (Å²) >= 11 is 0. The van der Waals surface area contributed by atoms with E-state index in [0.29, 0.717) is 18.0 Å². The maximum Gasteiger partial charge on any atom is 0.313 e. The molecule has 0 spiro atoms. The molecule has 1 unspecified atom stereocenters. The number of nitrogens with one attached hydrogen (secondary N) is 1. The number of fused-ring (bicyclic) bond motifs is 1. The van der Waals surface area contributed by atoms with E-state index in [1.807, 2.05) is 24.3 Å². The summed E-state index contributed by atoms with van der Waals surface area (Å²) in [6, 6.07) is 14.1. The van der Waals surface area contributed by atoms with E-state index in [1.54, 1.807) is 29.2 Å². The molecule has 1 aliphatic rings. The molecule has 1 heterocycles. The van der Waals surface area contributed by atoms with Crippen LogP contribution in [0, 0.1) is 0 Å². The van der Waals surface area contributed by atoms with Crippen LogP contribution in [0.3, 0.4) is 0 Å². The minimum absolute atomic E-state index is 0.0537. The highest BCUT2D eigenvalue weighted by molar-refractivity contribution is 5.88. The molecular weight excluding hydrogens is 344 g/mol. The molecule has 0 fully saturated rings. The van der Waals surface area contributed by atoms with Crippen LogP contribution in [0.4, 0.5) is 5.69 Å². The Morgan fingerprint density at radius 3 is 2.44 bits per heavy atom. The lowest BCUT2D eigenvalue weighted by atomic mass is 9.90. The van der Waals surface area contributed by atoms with Crippen LogP contribution in [0.2, 0.25) is 0 Å². The molecule has 1 N–H and O–H groups in total. The number of carbonyl (C=O) groups is 3. The van der Waals surface area contributed by atoms with Crippen LogP contribution in [-0.2, 0) is 20.8 Å². The van der Waals surface area contributed by atoms with E-state index in [4.69, 9.17) is 4.74 Å². The topological polar surface area (TPSA) is 75.7 Å². The van der Waals surface area contributed by atoms with Gasteiger partial charge in [-0.15, -0.1) is 0 Å². The van der Waals surface area contributed by atoms with Gasteiger partial charge >= 0.3 is 5.97 Å². The second-order valence-corrected chi connectivity index (χ2v) is 6.56. The number of benzene rings is 2. The molecule has 0 aromatic heterocycles. The molecule has 6 nitrogen and oxygen atoms in total. The van der Waals surface area contributed by atoms with Gasteiger partial charge < -0.3 is 15.0 Å². The maximum absolute atomic E-state index is 12.5. The Balaban J connectivity index is 1.72. The zero-order valence-corrected chi connectivity index (χ0v) is 15.4. The molecule has 2 aromatic carbocycles. The molecule has 1 aliphatic heterocycles. The first kappa shape index (κ1) is 18.6. The number of ether oxygens (including phenoxy) is 1. The summed E-state index contributed by atoms with van der Waals surface area (Å²) in [6.45, 7) is 3.54. The fourth-order valence-corrected chi connectivity index (χ4v) is 3.39. The molecule has 2 amide bonds. The maximum atomic E-state index is 12.5. The van der Waals surface area contributed by atoms with Gasteiger partial charge in [0.2, 0.25) is 11.8 Å². The van der Waals surface area contributed by atoms with E-state index < -0.39 is 5.97 Å². The van der Waals surface area contributed by atoms with Crippen LogP contribution in [0.5, 0.6) is 5.75 Å². The average molecular weight is 366 g/mol. The summed E-state index contributed by atoms with van der Waals surface area (Å²) < 4.78 is 5.43. The molecule has 0 saturated heterocycles. The van der Waals surface area contributed by atoms with Crippen LogP contribution < -0.4 is 10.1 Å². The lowest BCUT2D eigenvalue weighted by Gasteiger charge is -2.36. The van der Waals surface area contributed by atoms with Crippen molar-refractivity contribution in [2.75, 3.05) is 11.9 Å². The second kappa shape index (κ2) is 8.03. The molecule has 3 rings (SSSR count). The number of carbonyl (C=O) groups excluding carboxylic acids is 3. The van der Waals surface area contributed by atoms with Gasteiger partial charge in [0.25, 0.3) is 0 Å². The van der Waals surface area contributed by atoms with Crippen LogP contribution >= 0.6 is 0 Å². The van der Waals surface area contributed by atoms with Gasteiger partial charge in [0.1, 0.15) is 5.75 Å². The number of nitrogens with zero attached hydrogens (tertiary/aromatic N) is 1. The lowest BCUT2D eigenvalue weighted by Crippen LogP contribution is -2.40. The van der Waals surface area contributed by atoms with Crippen molar-refractivity contribution in [1.29, 1.82) is 0 Å². The standard InChI is InChI=1S/C21H22N2O4/c1-14(24)22-17-7-9-18(10-8-17)27-21(26)13-20-19-6-4-3-5-16(19)11-12-23(20)15(2)25/h3-10,20H,11-13H2,1-2H3,(H,22,24). The molecule has 2 aromatic rings. The number of hydrogen-bond acceptors (Lipinski definition) is 4. The first-order chi connectivity index (χ1) is 12.9. The van der Waals surface area contributed by atoms with Crippen LogP contribution in [0.1, 0.15) is 37.4 Å². The smallest absolute Gasteiger partial charge is 0.313 e. The number of anilines is 1. The van der Waals surface area contributed by atoms with Gasteiger partial charge in [0.05, 0.1) is 12.5 Å². The van der Waals surface area contributed by atoms with Gasteiger partial charge in [-0.1, -0.05) is 24.3 Å².